The average molecular weight is 324 g/mol. The smallest absolute Gasteiger partial charge is 0.234 e. The molecule has 1 heterocycles. The van der Waals surface area contributed by atoms with E-state index in [1.54, 1.807) is 0 Å². The van der Waals surface area contributed by atoms with Crippen molar-refractivity contribution >= 4 is 21.8 Å². The summed E-state index contributed by atoms with van der Waals surface area (Å²) in [6.45, 7) is 1.28. The molecular weight excluding hydrogens is 306 g/mol. The first-order valence-corrected chi connectivity index (χ1v) is 8.01. The van der Waals surface area contributed by atoms with E-state index in [0.29, 0.717) is 12.6 Å². The molecule has 1 amide bonds. The Labute approximate surface area is 122 Å². The Kier molecular flexibility index (Phi) is 3.78. The van der Waals surface area contributed by atoms with Gasteiger partial charge >= 0.3 is 0 Å². The minimum Gasteiger partial charge on any atom is -0.492 e. The van der Waals surface area contributed by atoms with Crippen LogP contribution < -0.4 is 4.74 Å². The Morgan fingerprint density at radius 1 is 1.37 bits per heavy atom. The molecule has 1 atom stereocenters. The molecule has 0 spiro atoms. The van der Waals surface area contributed by atoms with Crippen LogP contribution in [0.5, 0.6) is 5.75 Å². The van der Waals surface area contributed by atoms with Gasteiger partial charge in [0.15, 0.2) is 0 Å². The highest BCUT2D eigenvalue weighted by Gasteiger charge is 2.37. The molecule has 1 aromatic carbocycles. The van der Waals surface area contributed by atoms with Crippen molar-refractivity contribution in [1.29, 1.82) is 0 Å². The summed E-state index contributed by atoms with van der Waals surface area (Å²) in [5.74, 6) is 0.984. The van der Waals surface area contributed by atoms with Crippen LogP contribution in [0.4, 0.5) is 0 Å². The molecule has 1 aliphatic heterocycles. The van der Waals surface area contributed by atoms with Crippen LogP contribution in [0.15, 0.2) is 24.3 Å². The predicted molar refractivity (Wildman–Crippen MR) is 77.8 cm³/mol. The van der Waals surface area contributed by atoms with E-state index >= 15 is 0 Å². The van der Waals surface area contributed by atoms with Gasteiger partial charge in [-0.3, -0.25) is 4.79 Å². The molecule has 19 heavy (non-hydrogen) atoms. The molecule has 102 valence electrons. The Balaban J connectivity index is 1.79. The lowest BCUT2D eigenvalue weighted by Gasteiger charge is -2.38. The van der Waals surface area contributed by atoms with Gasteiger partial charge in [0.2, 0.25) is 5.91 Å². The van der Waals surface area contributed by atoms with Crippen molar-refractivity contribution in [2.45, 2.75) is 31.2 Å². The third-order valence-corrected chi connectivity index (χ3v) is 4.48. The average Bonchev–Trinajstić information content (AvgIpc) is 2.79. The summed E-state index contributed by atoms with van der Waals surface area (Å²) in [4.78, 5) is 14.8. The first-order chi connectivity index (χ1) is 9.31. The summed E-state index contributed by atoms with van der Waals surface area (Å²) in [7, 11) is 0. The number of fused-ring (bicyclic) bond motifs is 1. The molecule has 0 bridgehead atoms. The van der Waals surface area contributed by atoms with Gasteiger partial charge in [0.05, 0.1) is 0 Å². The van der Waals surface area contributed by atoms with Gasteiger partial charge in [-0.15, -0.1) is 0 Å². The molecule has 1 aliphatic carbocycles. The zero-order valence-corrected chi connectivity index (χ0v) is 12.4. The predicted octanol–water partition coefficient (Wildman–Crippen LogP) is 2.94. The van der Waals surface area contributed by atoms with Gasteiger partial charge < -0.3 is 9.64 Å². The largest absolute Gasteiger partial charge is 0.492 e. The highest BCUT2D eigenvalue weighted by Crippen LogP contribution is 2.36. The van der Waals surface area contributed by atoms with Crippen molar-refractivity contribution in [2.75, 3.05) is 18.5 Å². The second-order valence-corrected chi connectivity index (χ2v) is 6.00. The Bertz CT molecular complexity index is 473. The van der Waals surface area contributed by atoms with Crippen molar-refractivity contribution < 1.29 is 9.53 Å². The van der Waals surface area contributed by atoms with Gasteiger partial charge in [-0.05, 0) is 25.3 Å². The second-order valence-electron chi connectivity index (χ2n) is 5.21. The molecule has 1 fully saturated rings. The fourth-order valence-corrected chi connectivity index (χ4v) is 3.21. The zero-order chi connectivity index (χ0) is 13.2. The van der Waals surface area contributed by atoms with Crippen LogP contribution in [0.2, 0.25) is 0 Å². The number of para-hydroxylation sites is 1. The first-order valence-electron chi connectivity index (χ1n) is 6.89. The number of ether oxygens (including phenoxy) is 1. The molecule has 2 aliphatic rings. The van der Waals surface area contributed by atoms with E-state index in [1.807, 2.05) is 29.2 Å². The van der Waals surface area contributed by atoms with Gasteiger partial charge in [0, 0.05) is 23.5 Å². The lowest BCUT2D eigenvalue weighted by Crippen LogP contribution is -2.47. The van der Waals surface area contributed by atoms with E-state index < -0.39 is 0 Å². The minimum absolute atomic E-state index is 0.115. The molecule has 3 rings (SSSR count). The summed E-state index contributed by atoms with van der Waals surface area (Å²) < 4.78 is 5.63. The van der Waals surface area contributed by atoms with Crippen molar-refractivity contribution in [2.24, 2.45) is 0 Å². The van der Waals surface area contributed by atoms with E-state index in [1.165, 1.54) is 6.42 Å². The van der Waals surface area contributed by atoms with Crippen LogP contribution in [0, 0.1) is 0 Å². The third-order valence-electron chi connectivity index (χ3n) is 4.12. The quantitative estimate of drug-likeness (QED) is 0.797. The van der Waals surface area contributed by atoms with E-state index in [0.717, 1.165) is 36.0 Å². The summed E-state index contributed by atoms with van der Waals surface area (Å²) in [5.41, 5.74) is 1.05. The normalized spacial score (nSPS) is 21.4. The lowest BCUT2D eigenvalue weighted by molar-refractivity contribution is -0.136. The molecule has 0 aromatic heterocycles. The number of carbonyl (C=O) groups is 1. The van der Waals surface area contributed by atoms with Gasteiger partial charge in [0.25, 0.3) is 0 Å². The van der Waals surface area contributed by atoms with Gasteiger partial charge in [-0.1, -0.05) is 34.1 Å². The summed E-state index contributed by atoms with van der Waals surface area (Å²) >= 11 is 3.46. The van der Waals surface area contributed by atoms with E-state index in [4.69, 9.17) is 4.74 Å². The molecule has 0 radical (unpaired) electrons. The Morgan fingerprint density at radius 3 is 2.84 bits per heavy atom. The topological polar surface area (TPSA) is 29.5 Å². The van der Waals surface area contributed by atoms with Crippen molar-refractivity contribution in [3.8, 4) is 5.75 Å². The van der Waals surface area contributed by atoms with Crippen LogP contribution in [-0.4, -0.2) is 35.3 Å². The zero-order valence-electron chi connectivity index (χ0n) is 10.8. The maximum absolute atomic E-state index is 12.8. The van der Waals surface area contributed by atoms with E-state index in [-0.39, 0.29) is 11.8 Å². The number of alkyl halides is 1. The van der Waals surface area contributed by atoms with Crippen molar-refractivity contribution in [3.05, 3.63) is 29.8 Å². The Hall–Kier alpha value is -1.03. The number of carbonyl (C=O) groups excluding carboxylic acids is 1. The van der Waals surface area contributed by atoms with Gasteiger partial charge in [-0.2, -0.15) is 0 Å². The maximum Gasteiger partial charge on any atom is 0.234 e. The SMILES string of the molecule is O=C(C1COc2ccccc21)N(CCBr)C1CCC1. The Morgan fingerprint density at radius 2 is 2.16 bits per heavy atom. The van der Waals surface area contributed by atoms with Crippen LogP contribution in [0.25, 0.3) is 0 Å². The van der Waals surface area contributed by atoms with E-state index in [2.05, 4.69) is 15.9 Å². The fourth-order valence-electron chi connectivity index (χ4n) is 2.83. The number of amides is 1. The molecule has 4 heteroatoms. The van der Waals surface area contributed by atoms with Crippen LogP contribution in [0.1, 0.15) is 30.7 Å². The first kappa shape index (κ1) is 13.0. The van der Waals surface area contributed by atoms with Crippen molar-refractivity contribution in [1.82, 2.24) is 4.90 Å². The van der Waals surface area contributed by atoms with Gasteiger partial charge in [-0.25, -0.2) is 0 Å². The number of hydrogen-bond donors (Lipinski definition) is 0. The summed E-state index contributed by atoms with van der Waals surface area (Å²) in [5, 5.41) is 0.838. The number of benzene rings is 1. The third kappa shape index (κ3) is 2.38. The summed E-state index contributed by atoms with van der Waals surface area (Å²) in [6, 6.07) is 8.33. The number of nitrogens with zero attached hydrogens (tertiary/aromatic N) is 1. The monoisotopic (exact) mass is 323 g/mol. The molecule has 0 saturated heterocycles. The van der Waals surface area contributed by atoms with Crippen LogP contribution >= 0.6 is 15.9 Å². The fraction of sp³-hybridized carbons (Fsp3) is 0.533. The highest BCUT2D eigenvalue weighted by atomic mass is 79.9. The lowest BCUT2D eigenvalue weighted by atomic mass is 9.89. The maximum atomic E-state index is 12.8. The van der Waals surface area contributed by atoms with Crippen LogP contribution in [-0.2, 0) is 4.79 Å². The number of rotatable bonds is 4. The molecular formula is C15H18BrNO2. The summed E-state index contributed by atoms with van der Waals surface area (Å²) in [6.07, 6.45) is 3.54. The molecule has 1 saturated carbocycles. The standard InChI is InChI=1S/C15H18BrNO2/c16-8-9-17(11-4-3-5-11)15(18)13-10-19-14-7-2-1-6-12(13)14/h1-2,6-7,11,13H,3-5,8-10H2. The highest BCUT2D eigenvalue weighted by molar-refractivity contribution is 9.09. The molecule has 3 nitrogen and oxygen atoms in total. The van der Waals surface area contributed by atoms with Crippen LogP contribution in [0.3, 0.4) is 0 Å². The van der Waals surface area contributed by atoms with E-state index in [9.17, 15) is 4.79 Å². The molecule has 0 N–H and O–H groups in total. The molecule has 1 aromatic rings. The van der Waals surface area contributed by atoms with Gasteiger partial charge in [0.1, 0.15) is 18.3 Å². The molecule has 1 unspecified atom stereocenters. The number of halogens is 1. The number of hydrogen-bond acceptors (Lipinski definition) is 2. The minimum atomic E-state index is -0.115. The van der Waals surface area contributed by atoms with Crippen molar-refractivity contribution in [3.63, 3.8) is 0 Å². The second kappa shape index (κ2) is 5.53.